The first-order chi connectivity index (χ1) is 14.8. The van der Waals surface area contributed by atoms with Crippen molar-refractivity contribution in [3.05, 3.63) is 0 Å². The molecule has 0 radical (unpaired) electrons. The monoisotopic (exact) mass is 445 g/mol. The number of hydrazone groups is 1. The number of nitrogens with one attached hydrogen (secondary N) is 1. The summed E-state index contributed by atoms with van der Waals surface area (Å²) in [5.74, 6) is 6.75. The van der Waals surface area contributed by atoms with E-state index in [1.165, 1.54) is 44.9 Å². The van der Waals surface area contributed by atoms with Crippen LogP contribution in [0.15, 0.2) is 5.10 Å². The zero-order chi connectivity index (χ0) is 21.9. The first kappa shape index (κ1) is 22.1. The van der Waals surface area contributed by atoms with Crippen LogP contribution in [0.5, 0.6) is 0 Å². The van der Waals surface area contributed by atoms with Crippen molar-refractivity contribution >= 4 is 22.7 Å². The summed E-state index contributed by atoms with van der Waals surface area (Å²) in [5.41, 5.74) is 0.194. The van der Waals surface area contributed by atoms with Gasteiger partial charge in [-0.25, -0.2) is 0 Å². The zero-order valence-corrected chi connectivity index (χ0v) is 20.9. The number of Topliss-reactive ketones (excluding diaryl/α,β-unsaturated/α-hetero) is 1. The topological polar surface area (TPSA) is 56.5 Å². The van der Waals surface area contributed by atoms with Gasteiger partial charge < -0.3 is 0 Å². The fraction of sp³-hybridized carbons (Fsp3) is 0.923. The summed E-state index contributed by atoms with van der Waals surface area (Å²) in [6.07, 6.45) is 14.8. The second-order valence-electron chi connectivity index (χ2n) is 12.3. The van der Waals surface area contributed by atoms with Crippen LogP contribution in [-0.4, -0.2) is 41.6 Å². The van der Waals surface area contributed by atoms with Gasteiger partial charge in [0.2, 0.25) is 0 Å². The van der Waals surface area contributed by atoms with Crippen LogP contribution in [0.2, 0.25) is 0 Å². The minimum absolute atomic E-state index is 0.194. The molecule has 31 heavy (non-hydrogen) atoms. The molecule has 4 nitrogen and oxygen atoms in total. The van der Waals surface area contributed by atoms with Gasteiger partial charge in [-0.05, 0) is 98.0 Å². The third-order valence-corrected chi connectivity index (χ3v) is 11.7. The molecule has 0 aromatic heterocycles. The molecule has 5 aliphatic rings. The van der Waals surface area contributed by atoms with Crippen LogP contribution in [0.3, 0.4) is 0 Å². The molecule has 11 atom stereocenters. The Morgan fingerprint density at radius 2 is 1.90 bits per heavy atom. The minimum atomic E-state index is -0.412. The Kier molecular flexibility index (Phi) is 5.88. The van der Waals surface area contributed by atoms with Crippen LogP contribution in [-0.2, 0) is 15.5 Å². The number of rotatable bonds is 4. The van der Waals surface area contributed by atoms with Crippen LogP contribution in [0.4, 0.5) is 0 Å². The molecule has 0 aromatic rings. The Bertz CT molecular complexity index is 768. The Morgan fingerprint density at radius 1 is 1.13 bits per heavy atom. The lowest BCUT2D eigenvalue weighted by atomic mass is 9.48. The average molecular weight is 446 g/mol. The van der Waals surface area contributed by atoms with Gasteiger partial charge in [0.05, 0.1) is 18.3 Å². The number of fused-ring (bicyclic) bond motifs is 5. The highest BCUT2D eigenvalue weighted by molar-refractivity contribution is 7.86. The second-order valence-corrected chi connectivity index (χ2v) is 14.0. The van der Waals surface area contributed by atoms with Crippen LogP contribution >= 0.6 is 0 Å². The third kappa shape index (κ3) is 3.75. The molecule has 1 aliphatic heterocycles. The van der Waals surface area contributed by atoms with Gasteiger partial charge in [0.1, 0.15) is 0 Å². The van der Waals surface area contributed by atoms with Gasteiger partial charge in [0, 0.05) is 12.1 Å². The predicted molar refractivity (Wildman–Crippen MR) is 129 cm³/mol. The van der Waals surface area contributed by atoms with Gasteiger partial charge in [-0.15, -0.1) is 0 Å². The third-order valence-electron chi connectivity index (χ3n) is 10.5. The molecule has 0 amide bonds. The normalized spacial score (nSPS) is 49.9. The van der Waals surface area contributed by atoms with E-state index < -0.39 is 10.7 Å². The van der Waals surface area contributed by atoms with Crippen molar-refractivity contribution in [2.45, 2.75) is 77.4 Å². The van der Waals surface area contributed by atoms with Crippen molar-refractivity contribution in [1.82, 2.24) is 5.01 Å². The molecule has 5 heteroatoms. The molecule has 5 rings (SSSR count). The standard InChI is InChI=1S/C26H43N3OS/c1-16-5-7-20-18(11-16)6-8-22-21(20)9-10-26(3)23(12-17(2)25(22)26)24(30)15-29-14-19(13-28-29)31(4)27/h13,16-23,25,27H,5-12,14-15H2,1-4H3. The van der Waals surface area contributed by atoms with Gasteiger partial charge in [-0.2, -0.15) is 5.10 Å². The number of nitrogens with zero attached hydrogens (tertiary/aromatic N) is 2. The summed E-state index contributed by atoms with van der Waals surface area (Å²) in [5, 5.41) is 6.63. The van der Waals surface area contributed by atoms with E-state index in [1.807, 2.05) is 17.5 Å². The molecular weight excluding hydrogens is 402 g/mol. The SMILES string of the molecule is CC1CCC2C(CCC3C2CCC2(C)C(C(=O)CN4CC(S(C)=N)C=N4)CC(C)C32)C1. The first-order valence-corrected chi connectivity index (χ1v) is 14.6. The quantitative estimate of drug-likeness (QED) is 0.631. The van der Waals surface area contributed by atoms with Gasteiger partial charge in [-0.3, -0.25) is 14.6 Å². The van der Waals surface area contributed by atoms with Gasteiger partial charge in [-0.1, -0.05) is 37.9 Å². The summed E-state index contributed by atoms with van der Waals surface area (Å²) in [6, 6.07) is 0. The number of carbonyl (C=O) groups is 1. The van der Waals surface area contributed by atoms with Crippen molar-refractivity contribution < 1.29 is 4.79 Å². The number of ketones is 1. The Hall–Kier alpha value is -0.710. The lowest BCUT2D eigenvalue weighted by Crippen LogP contribution is -2.50. The van der Waals surface area contributed by atoms with E-state index in [0.29, 0.717) is 18.2 Å². The molecule has 1 N–H and O–H groups in total. The Labute approximate surface area is 191 Å². The molecular formula is C26H43N3OS. The van der Waals surface area contributed by atoms with E-state index in [2.05, 4.69) is 25.9 Å². The van der Waals surface area contributed by atoms with E-state index >= 15 is 0 Å². The smallest absolute Gasteiger partial charge is 0.157 e. The lowest BCUT2D eigenvalue weighted by molar-refractivity contribution is -0.131. The minimum Gasteiger partial charge on any atom is -0.297 e. The summed E-state index contributed by atoms with van der Waals surface area (Å²) < 4.78 is 7.98. The largest absolute Gasteiger partial charge is 0.297 e. The van der Waals surface area contributed by atoms with Crippen LogP contribution < -0.4 is 0 Å². The van der Waals surface area contributed by atoms with Crippen LogP contribution in [0, 0.1) is 57.5 Å². The summed E-state index contributed by atoms with van der Waals surface area (Å²) in [6.45, 7) is 8.62. The number of hydrogen-bond acceptors (Lipinski definition) is 4. The highest BCUT2D eigenvalue weighted by Gasteiger charge is 2.60. The lowest BCUT2D eigenvalue weighted by Gasteiger charge is -2.56. The molecule has 4 saturated carbocycles. The molecule has 11 unspecified atom stereocenters. The molecule has 0 spiro atoms. The highest BCUT2D eigenvalue weighted by Crippen LogP contribution is 2.66. The average Bonchev–Trinajstić information content (AvgIpc) is 3.30. The predicted octanol–water partition coefficient (Wildman–Crippen LogP) is 5.39. The highest BCUT2D eigenvalue weighted by atomic mass is 32.2. The molecule has 4 fully saturated rings. The zero-order valence-electron chi connectivity index (χ0n) is 20.1. The molecule has 1 heterocycles. The fourth-order valence-electron chi connectivity index (χ4n) is 9.20. The Balaban J connectivity index is 1.29. The maximum atomic E-state index is 13.5. The van der Waals surface area contributed by atoms with Gasteiger partial charge >= 0.3 is 0 Å². The molecule has 0 saturated heterocycles. The maximum Gasteiger partial charge on any atom is 0.157 e. The van der Waals surface area contributed by atoms with Gasteiger partial charge in [0.15, 0.2) is 5.78 Å². The fourth-order valence-corrected chi connectivity index (χ4v) is 9.83. The molecule has 0 bridgehead atoms. The van der Waals surface area contributed by atoms with Crippen molar-refractivity contribution in [2.24, 2.45) is 57.9 Å². The van der Waals surface area contributed by atoms with E-state index in [1.54, 1.807) is 0 Å². The van der Waals surface area contributed by atoms with Crippen molar-refractivity contribution in [1.29, 1.82) is 4.78 Å². The second kappa shape index (κ2) is 8.25. The molecule has 4 aliphatic carbocycles. The molecule has 174 valence electrons. The van der Waals surface area contributed by atoms with E-state index in [9.17, 15) is 4.79 Å². The van der Waals surface area contributed by atoms with Crippen LogP contribution in [0.1, 0.15) is 72.1 Å². The van der Waals surface area contributed by atoms with E-state index in [-0.39, 0.29) is 16.6 Å². The molecule has 0 aromatic carbocycles. The van der Waals surface area contributed by atoms with E-state index in [4.69, 9.17) is 4.78 Å². The number of hydrogen-bond donors (Lipinski definition) is 1. The first-order valence-electron chi connectivity index (χ1n) is 13.0. The van der Waals surface area contributed by atoms with E-state index in [0.717, 1.165) is 48.5 Å². The van der Waals surface area contributed by atoms with Gasteiger partial charge in [0.25, 0.3) is 0 Å². The van der Waals surface area contributed by atoms with Crippen LogP contribution in [0.25, 0.3) is 0 Å². The summed E-state index contributed by atoms with van der Waals surface area (Å²) in [4.78, 5) is 13.5. The maximum absolute atomic E-state index is 13.5. The summed E-state index contributed by atoms with van der Waals surface area (Å²) >= 11 is 0. The van der Waals surface area contributed by atoms with Crippen molar-refractivity contribution in [2.75, 3.05) is 19.3 Å². The summed E-state index contributed by atoms with van der Waals surface area (Å²) in [7, 11) is -0.412. The van der Waals surface area contributed by atoms with Crippen molar-refractivity contribution in [3.8, 4) is 0 Å². The number of carbonyl (C=O) groups excluding carboxylic acids is 1. The Morgan fingerprint density at radius 3 is 2.65 bits per heavy atom. The van der Waals surface area contributed by atoms with Crippen molar-refractivity contribution in [3.63, 3.8) is 0 Å².